The standard InChI is InChI=1S/C11H11BrFN3O2/c1-16-11(14)5(4-15-16)8-6(12)3-7(17)10(18-2)9(8)13/h3-4,17H,14H2,1-2H3. The van der Waals surface area contributed by atoms with Crippen molar-refractivity contribution in [1.82, 2.24) is 9.78 Å². The number of nitrogens with two attached hydrogens (primary N) is 1. The maximum absolute atomic E-state index is 14.3. The van der Waals surface area contributed by atoms with Gasteiger partial charge < -0.3 is 15.6 Å². The number of benzene rings is 1. The van der Waals surface area contributed by atoms with Crippen LogP contribution in [-0.4, -0.2) is 22.0 Å². The van der Waals surface area contributed by atoms with E-state index < -0.39 is 5.82 Å². The quantitative estimate of drug-likeness (QED) is 0.891. The summed E-state index contributed by atoms with van der Waals surface area (Å²) in [6.07, 6.45) is 1.45. The number of anilines is 1. The van der Waals surface area contributed by atoms with E-state index in [1.165, 1.54) is 24.1 Å². The average molecular weight is 316 g/mol. The van der Waals surface area contributed by atoms with Crippen LogP contribution in [0.25, 0.3) is 11.1 Å². The van der Waals surface area contributed by atoms with Gasteiger partial charge in [0.1, 0.15) is 5.82 Å². The molecule has 1 aromatic carbocycles. The van der Waals surface area contributed by atoms with Crippen molar-refractivity contribution < 1.29 is 14.2 Å². The number of rotatable bonds is 2. The molecule has 2 rings (SSSR count). The third-order valence-electron chi connectivity index (χ3n) is 2.61. The highest BCUT2D eigenvalue weighted by molar-refractivity contribution is 9.10. The second kappa shape index (κ2) is 4.49. The molecule has 2 aromatic rings. The zero-order valence-electron chi connectivity index (χ0n) is 9.74. The number of nitrogens with zero attached hydrogens (tertiary/aromatic N) is 2. The van der Waals surface area contributed by atoms with Crippen molar-refractivity contribution >= 4 is 21.7 Å². The monoisotopic (exact) mass is 315 g/mol. The molecule has 0 aliphatic heterocycles. The maximum Gasteiger partial charge on any atom is 0.197 e. The first-order chi connectivity index (χ1) is 8.47. The van der Waals surface area contributed by atoms with Crippen molar-refractivity contribution in [2.45, 2.75) is 0 Å². The van der Waals surface area contributed by atoms with Gasteiger partial charge in [0, 0.05) is 22.6 Å². The minimum atomic E-state index is -0.691. The van der Waals surface area contributed by atoms with E-state index >= 15 is 0 Å². The number of aromatic nitrogens is 2. The maximum atomic E-state index is 14.3. The molecule has 0 amide bonds. The van der Waals surface area contributed by atoms with Gasteiger partial charge in [-0.05, 0) is 22.0 Å². The topological polar surface area (TPSA) is 73.3 Å². The molecule has 0 saturated carbocycles. The molecule has 0 aliphatic rings. The summed E-state index contributed by atoms with van der Waals surface area (Å²) in [6.45, 7) is 0. The molecular weight excluding hydrogens is 305 g/mol. The molecule has 96 valence electrons. The normalized spacial score (nSPS) is 10.7. The summed E-state index contributed by atoms with van der Waals surface area (Å²) in [6, 6.07) is 1.35. The molecular formula is C11H11BrFN3O2. The Kier molecular flexibility index (Phi) is 3.16. The molecule has 0 saturated heterocycles. The molecule has 0 unspecified atom stereocenters. The highest BCUT2D eigenvalue weighted by Crippen LogP contribution is 2.42. The van der Waals surface area contributed by atoms with E-state index in [0.717, 1.165) is 0 Å². The van der Waals surface area contributed by atoms with Crippen LogP contribution in [0.2, 0.25) is 0 Å². The SMILES string of the molecule is COc1c(O)cc(Br)c(-c2cnn(C)c2N)c1F. The van der Waals surface area contributed by atoms with Crippen LogP contribution < -0.4 is 10.5 Å². The summed E-state index contributed by atoms with van der Waals surface area (Å²) < 4.78 is 20.9. The third-order valence-corrected chi connectivity index (χ3v) is 3.24. The van der Waals surface area contributed by atoms with E-state index in [2.05, 4.69) is 21.0 Å². The van der Waals surface area contributed by atoms with Crippen LogP contribution in [0.3, 0.4) is 0 Å². The van der Waals surface area contributed by atoms with Crippen LogP contribution in [-0.2, 0) is 7.05 Å². The van der Waals surface area contributed by atoms with Crippen LogP contribution in [0, 0.1) is 5.82 Å². The van der Waals surface area contributed by atoms with Gasteiger partial charge in [-0.1, -0.05) is 0 Å². The summed E-state index contributed by atoms with van der Waals surface area (Å²) in [7, 11) is 2.94. The molecule has 1 heterocycles. The van der Waals surface area contributed by atoms with Crippen LogP contribution in [0.1, 0.15) is 0 Å². The number of methoxy groups -OCH3 is 1. The Hall–Kier alpha value is -1.76. The molecule has 0 spiro atoms. The first-order valence-electron chi connectivity index (χ1n) is 5.00. The number of phenols is 1. The predicted octanol–water partition coefficient (Wildman–Crippen LogP) is 2.29. The molecule has 0 bridgehead atoms. The van der Waals surface area contributed by atoms with Crippen LogP contribution >= 0.6 is 15.9 Å². The molecule has 18 heavy (non-hydrogen) atoms. The fourth-order valence-corrected chi connectivity index (χ4v) is 2.27. The van der Waals surface area contributed by atoms with Crippen LogP contribution in [0.4, 0.5) is 10.2 Å². The number of phenolic OH excluding ortho intramolecular Hbond substituents is 1. The Morgan fingerprint density at radius 2 is 2.22 bits per heavy atom. The van der Waals surface area contributed by atoms with Crippen molar-refractivity contribution in [2.75, 3.05) is 12.8 Å². The van der Waals surface area contributed by atoms with Gasteiger partial charge in [0.25, 0.3) is 0 Å². The van der Waals surface area contributed by atoms with Gasteiger partial charge in [0.15, 0.2) is 17.3 Å². The fraction of sp³-hybridized carbons (Fsp3) is 0.182. The minimum Gasteiger partial charge on any atom is -0.504 e. The molecule has 0 radical (unpaired) electrons. The van der Waals surface area contributed by atoms with E-state index in [0.29, 0.717) is 15.9 Å². The molecule has 5 nitrogen and oxygen atoms in total. The highest BCUT2D eigenvalue weighted by atomic mass is 79.9. The predicted molar refractivity (Wildman–Crippen MR) is 68.9 cm³/mol. The van der Waals surface area contributed by atoms with Crippen LogP contribution in [0.5, 0.6) is 11.5 Å². The minimum absolute atomic E-state index is 0.204. The first-order valence-corrected chi connectivity index (χ1v) is 5.79. The first kappa shape index (κ1) is 12.7. The van der Waals surface area contributed by atoms with Crippen molar-refractivity contribution in [3.05, 3.63) is 22.6 Å². The van der Waals surface area contributed by atoms with Crippen molar-refractivity contribution in [3.8, 4) is 22.6 Å². The number of halogens is 2. The van der Waals surface area contributed by atoms with E-state index in [1.54, 1.807) is 7.05 Å². The number of aromatic hydroxyl groups is 1. The van der Waals surface area contributed by atoms with Crippen molar-refractivity contribution in [2.24, 2.45) is 7.05 Å². The lowest BCUT2D eigenvalue weighted by atomic mass is 10.1. The number of nitrogen functional groups attached to an aromatic ring is 1. The third kappa shape index (κ3) is 1.80. The largest absolute Gasteiger partial charge is 0.504 e. The van der Waals surface area contributed by atoms with Gasteiger partial charge >= 0.3 is 0 Å². The van der Waals surface area contributed by atoms with Gasteiger partial charge in [-0.15, -0.1) is 0 Å². The van der Waals surface area contributed by atoms with Gasteiger partial charge in [0.2, 0.25) is 0 Å². The second-order valence-electron chi connectivity index (χ2n) is 3.67. The van der Waals surface area contributed by atoms with Crippen molar-refractivity contribution in [1.29, 1.82) is 0 Å². The molecule has 0 fully saturated rings. The Balaban J connectivity index is 2.75. The smallest absolute Gasteiger partial charge is 0.197 e. The number of aryl methyl sites for hydroxylation is 1. The summed E-state index contributed by atoms with van der Waals surface area (Å²) in [4.78, 5) is 0. The Bertz CT molecular complexity index is 613. The molecule has 0 atom stereocenters. The lowest BCUT2D eigenvalue weighted by Gasteiger charge is -2.11. The van der Waals surface area contributed by atoms with E-state index in [1.807, 2.05) is 0 Å². The number of ether oxygens (including phenoxy) is 1. The Morgan fingerprint density at radius 1 is 1.56 bits per heavy atom. The van der Waals surface area contributed by atoms with Gasteiger partial charge in [-0.25, -0.2) is 4.39 Å². The molecule has 7 heteroatoms. The Labute approximate surface area is 111 Å². The molecule has 3 N–H and O–H groups in total. The Morgan fingerprint density at radius 3 is 2.72 bits per heavy atom. The van der Waals surface area contributed by atoms with E-state index in [9.17, 15) is 9.50 Å². The summed E-state index contributed by atoms with van der Waals surface area (Å²) >= 11 is 3.19. The number of hydrogen-bond donors (Lipinski definition) is 2. The summed E-state index contributed by atoms with van der Waals surface area (Å²) in [5, 5.41) is 13.5. The van der Waals surface area contributed by atoms with E-state index in [-0.39, 0.29) is 17.1 Å². The zero-order valence-corrected chi connectivity index (χ0v) is 11.3. The average Bonchev–Trinajstić information content (AvgIpc) is 2.61. The van der Waals surface area contributed by atoms with Gasteiger partial charge in [-0.3, -0.25) is 4.68 Å². The highest BCUT2D eigenvalue weighted by Gasteiger charge is 2.22. The van der Waals surface area contributed by atoms with Crippen molar-refractivity contribution in [3.63, 3.8) is 0 Å². The zero-order chi connectivity index (χ0) is 13.4. The van der Waals surface area contributed by atoms with E-state index in [4.69, 9.17) is 10.5 Å². The van der Waals surface area contributed by atoms with Gasteiger partial charge in [0.05, 0.1) is 13.3 Å². The molecule has 0 aliphatic carbocycles. The molecule has 1 aromatic heterocycles. The summed E-state index contributed by atoms with van der Waals surface area (Å²) in [5.41, 5.74) is 6.45. The van der Waals surface area contributed by atoms with Crippen LogP contribution in [0.15, 0.2) is 16.7 Å². The van der Waals surface area contributed by atoms with Gasteiger partial charge in [-0.2, -0.15) is 5.10 Å². The lowest BCUT2D eigenvalue weighted by molar-refractivity contribution is 0.351. The summed E-state index contributed by atoms with van der Waals surface area (Å²) in [5.74, 6) is -0.879. The number of hydrogen-bond acceptors (Lipinski definition) is 4. The lowest BCUT2D eigenvalue weighted by Crippen LogP contribution is -1.99. The second-order valence-corrected chi connectivity index (χ2v) is 4.52. The fourth-order valence-electron chi connectivity index (χ4n) is 1.67.